The van der Waals surface area contributed by atoms with Crippen molar-refractivity contribution < 1.29 is 33.6 Å². The van der Waals surface area contributed by atoms with Crippen molar-refractivity contribution >= 4 is 17.4 Å². The van der Waals surface area contributed by atoms with Crippen LogP contribution >= 0.6 is 0 Å². The molecule has 1 saturated heterocycles. The summed E-state index contributed by atoms with van der Waals surface area (Å²) in [5.41, 5.74) is 1.07. The Kier molecular flexibility index (Phi) is 11.0. The van der Waals surface area contributed by atoms with Gasteiger partial charge in [0, 0.05) is 25.8 Å². The molecule has 1 unspecified atom stereocenters. The molecule has 1 amide bonds. The number of ketones is 1. The van der Waals surface area contributed by atoms with E-state index in [2.05, 4.69) is 6.92 Å². The van der Waals surface area contributed by atoms with E-state index in [0.29, 0.717) is 54.6 Å². The van der Waals surface area contributed by atoms with Crippen LogP contribution in [-0.2, 0) is 14.3 Å². The Morgan fingerprint density at radius 2 is 1.71 bits per heavy atom. The van der Waals surface area contributed by atoms with Crippen LogP contribution in [0.2, 0.25) is 0 Å². The lowest BCUT2D eigenvalue weighted by Crippen LogP contribution is -2.31. The second-order valence-electron chi connectivity index (χ2n) is 9.18. The van der Waals surface area contributed by atoms with Crippen LogP contribution in [0.15, 0.2) is 48.0 Å². The number of carbonyl (C=O) groups excluding carboxylic acids is 2. The SMILES string of the molecule is CCCCCOc1ccc(C2C(=C(O)c3cccc(OCCC)c3)C(=O)C(=O)N2CCCOC)cc1OC. The minimum absolute atomic E-state index is 0.0266. The number of ether oxygens (including phenoxy) is 4. The van der Waals surface area contributed by atoms with Crippen LogP contribution in [0, 0.1) is 0 Å². The number of aliphatic hydroxyl groups is 1. The number of aliphatic hydroxyl groups excluding tert-OH is 1. The van der Waals surface area contributed by atoms with E-state index in [1.807, 2.05) is 13.0 Å². The molecule has 206 valence electrons. The first kappa shape index (κ1) is 29.0. The maximum absolute atomic E-state index is 13.3. The third-order valence-corrected chi connectivity index (χ3v) is 6.38. The Morgan fingerprint density at radius 3 is 2.42 bits per heavy atom. The summed E-state index contributed by atoms with van der Waals surface area (Å²) in [5.74, 6) is 0.0193. The zero-order valence-corrected chi connectivity index (χ0v) is 22.8. The number of benzene rings is 2. The number of amides is 1. The summed E-state index contributed by atoms with van der Waals surface area (Å²) in [6, 6.07) is 11.5. The second-order valence-corrected chi connectivity index (χ2v) is 9.18. The van der Waals surface area contributed by atoms with Crippen molar-refractivity contribution in [2.45, 2.75) is 52.0 Å². The van der Waals surface area contributed by atoms with E-state index in [9.17, 15) is 14.7 Å². The van der Waals surface area contributed by atoms with Crippen molar-refractivity contribution in [1.29, 1.82) is 0 Å². The number of likely N-dealkylation sites (tertiary alicyclic amines) is 1. The van der Waals surface area contributed by atoms with Crippen LogP contribution in [0.25, 0.3) is 5.76 Å². The Balaban J connectivity index is 2.05. The Labute approximate surface area is 225 Å². The van der Waals surface area contributed by atoms with E-state index >= 15 is 0 Å². The largest absolute Gasteiger partial charge is 0.507 e. The lowest BCUT2D eigenvalue weighted by atomic mass is 9.95. The lowest BCUT2D eigenvalue weighted by molar-refractivity contribution is -0.140. The van der Waals surface area contributed by atoms with Crippen molar-refractivity contribution in [1.82, 2.24) is 4.90 Å². The van der Waals surface area contributed by atoms with Gasteiger partial charge in [-0.1, -0.05) is 44.9 Å². The first-order chi connectivity index (χ1) is 18.5. The maximum atomic E-state index is 13.3. The van der Waals surface area contributed by atoms with Gasteiger partial charge in [-0.25, -0.2) is 0 Å². The van der Waals surface area contributed by atoms with E-state index in [1.54, 1.807) is 50.6 Å². The third-order valence-electron chi connectivity index (χ3n) is 6.38. The van der Waals surface area contributed by atoms with E-state index in [0.717, 1.165) is 25.7 Å². The molecule has 8 nitrogen and oxygen atoms in total. The zero-order valence-electron chi connectivity index (χ0n) is 22.8. The molecule has 2 aromatic carbocycles. The number of hydrogen-bond donors (Lipinski definition) is 1. The Hall–Kier alpha value is -3.52. The summed E-state index contributed by atoms with van der Waals surface area (Å²) in [6.45, 7) is 5.95. The first-order valence-electron chi connectivity index (χ1n) is 13.3. The van der Waals surface area contributed by atoms with Gasteiger partial charge in [0.15, 0.2) is 11.5 Å². The molecule has 2 aromatic rings. The standard InChI is InChI=1S/C30H39NO7/c1-5-7-8-18-38-24-14-13-21(20-25(24)36-4)27-26(29(33)30(34)31(27)15-10-17-35-3)28(32)22-11-9-12-23(19-22)37-16-6-2/h9,11-14,19-20,27,32H,5-8,10,15-18H2,1-4H3. The number of Topliss-reactive ketones (excluding diaryl/α,β-unsaturated/α-hetero) is 1. The Morgan fingerprint density at radius 1 is 0.895 bits per heavy atom. The van der Waals surface area contributed by atoms with Crippen molar-refractivity contribution in [2.75, 3.05) is 40.6 Å². The molecule has 0 spiro atoms. The molecule has 8 heteroatoms. The fourth-order valence-corrected chi connectivity index (χ4v) is 4.45. The predicted octanol–water partition coefficient (Wildman–Crippen LogP) is 5.51. The van der Waals surface area contributed by atoms with Gasteiger partial charge in [0.25, 0.3) is 11.7 Å². The number of unbranched alkanes of at least 4 members (excludes halogenated alkanes) is 2. The predicted molar refractivity (Wildman–Crippen MR) is 146 cm³/mol. The molecule has 0 aliphatic carbocycles. The highest BCUT2D eigenvalue weighted by Crippen LogP contribution is 2.42. The molecular weight excluding hydrogens is 486 g/mol. The van der Waals surface area contributed by atoms with Crippen LogP contribution in [0.1, 0.15) is 63.1 Å². The van der Waals surface area contributed by atoms with Crippen LogP contribution in [0.4, 0.5) is 0 Å². The monoisotopic (exact) mass is 525 g/mol. The van der Waals surface area contributed by atoms with E-state index in [1.165, 1.54) is 4.90 Å². The molecule has 0 bridgehead atoms. The number of methoxy groups -OCH3 is 2. The highest BCUT2D eigenvalue weighted by atomic mass is 16.5. The molecule has 38 heavy (non-hydrogen) atoms. The normalized spacial score (nSPS) is 16.6. The van der Waals surface area contributed by atoms with Gasteiger partial charge in [-0.15, -0.1) is 0 Å². The van der Waals surface area contributed by atoms with E-state index < -0.39 is 17.7 Å². The summed E-state index contributed by atoms with van der Waals surface area (Å²) in [6.07, 6.45) is 4.47. The van der Waals surface area contributed by atoms with Gasteiger partial charge in [0.05, 0.1) is 31.9 Å². The number of carbonyl (C=O) groups is 2. The minimum Gasteiger partial charge on any atom is -0.507 e. The summed E-state index contributed by atoms with van der Waals surface area (Å²) >= 11 is 0. The molecule has 1 aliphatic rings. The smallest absolute Gasteiger partial charge is 0.295 e. The van der Waals surface area contributed by atoms with Gasteiger partial charge in [-0.2, -0.15) is 0 Å². The topological polar surface area (TPSA) is 94.5 Å². The molecule has 0 radical (unpaired) electrons. The fraction of sp³-hybridized carbons (Fsp3) is 0.467. The van der Waals surface area contributed by atoms with Crippen molar-refractivity contribution in [3.63, 3.8) is 0 Å². The van der Waals surface area contributed by atoms with E-state index in [4.69, 9.17) is 18.9 Å². The van der Waals surface area contributed by atoms with Gasteiger partial charge in [-0.05, 0) is 49.1 Å². The fourth-order valence-electron chi connectivity index (χ4n) is 4.45. The van der Waals surface area contributed by atoms with Crippen molar-refractivity contribution in [3.05, 3.63) is 59.2 Å². The molecule has 1 fully saturated rings. The molecule has 0 aromatic heterocycles. The van der Waals surface area contributed by atoms with E-state index in [-0.39, 0.29) is 17.9 Å². The molecule has 0 saturated carbocycles. The first-order valence-corrected chi connectivity index (χ1v) is 13.3. The summed E-state index contributed by atoms with van der Waals surface area (Å²) < 4.78 is 22.4. The molecular formula is C30H39NO7. The van der Waals surface area contributed by atoms with Crippen LogP contribution < -0.4 is 14.2 Å². The maximum Gasteiger partial charge on any atom is 0.295 e. The Bertz CT molecular complexity index is 1130. The second kappa shape index (κ2) is 14.4. The number of hydrogen-bond acceptors (Lipinski definition) is 7. The third kappa shape index (κ3) is 6.86. The highest BCUT2D eigenvalue weighted by molar-refractivity contribution is 6.46. The minimum atomic E-state index is -0.796. The quantitative estimate of drug-likeness (QED) is 0.142. The number of nitrogens with zero attached hydrogens (tertiary/aromatic N) is 1. The molecule has 1 N–H and O–H groups in total. The van der Waals surface area contributed by atoms with Gasteiger partial charge in [0.2, 0.25) is 0 Å². The zero-order chi connectivity index (χ0) is 27.5. The highest BCUT2D eigenvalue weighted by Gasteiger charge is 2.46. The lowest BCUT2D eigenvalue weighted by Gasteiger charge is -2.26. The van der Waals surface area contributed by atoms with Gasteiger partial charge in [0.1, 0.15) is 11.5 Å². The summed E-state index contributed by atoms with van der Waals surface area (Å²) in [7, 11) is 3.14. The van der Waals surface area contributed by atoms with Crippen molar-refractivity contribution in [3.8, 4) is 17.2 Å². The van der Waals surface area contributed by atoms with Gasteiger partial charge < -0.3 is 29.0 Å². The average Bonchev–Trinajstić information content (AvgIpc) is 3.19. The van der Waals surface area contributed by atoms with Crippen LogP contribution in [-0.4, -0.2) is 62.3 Å². The summed E-state index contributed by atoms with van der Waals surface area (Å²) in [4.78, 5) is 28.0. The average molecular weight is 526 g/mol. The molecule has 1 aliphatic heterocycles. The van der Waals surface area contributed by atoms with Crippen LogP contribution in [0.5, 0.6) is 17.2 Å². The van der Waals surface area contributed by atoms with Gasteiger partial charge >= 0.3 is 0 Å². The van der Waals surface area contributed by atoms with Crippen LogP contribution in [0.3, 0.4) is 0 Å². The number of rotatable bonds is 15. The molecule has 3 rings (SSSR count). The van der Waals surface area contributed by atoms with Gasteiger partial charge in [-0.3, -0.25) is 9.59 Å². The summed E-state index contributed by atoms with van der Waals surface area (Å²) in [5, 5.41) is 11.4. The molecule has 1 heterocycles. The molecule has 1 atom stereocenters. The van der Waals surface area contributed by atoms with Crippen molar-refractivity contribution in [2.24, 2.45) is 0 Å².